The van der Waals surface area contributed by atoms with Crippen LogP contribution in [0.25, 0.3) is 0 Å². The predicted octanol–water partition coefficient (Wildman–Crippen LogP) is 3.34. The first kappa shape index (κ1) is 17.7. The first-order chi connectivity index (χ1) is 12.5. The Bertz CT molecular complexity index is 850. The number of hydrogen-bond acceptors (Lipinski definition) is 6. The molecule has 136 valence electrons. The molecule has 0 aromatic heterocycles. The largest absolute Gasteiger partial charge is 0.496 e. The molecule has 0 aliphatic carbocycles. The number of fused-ring (bicyclic) bond motifs is 1. The van der Waals surface area contributed by atoms with Gasteiger partial charge in [-0.1, -0.05) is 12.1 Å². The van der Waals surface area contributed by atoms with Crippen LogP contribution in [0.3, 0.4) is 0 Å². The van der Waals surface area contributed by atoms with Crippen LogP contribution in [0.1, 0.15) is 28.4 Å². The molecule has 26 heavy (non-hydrogen) atoms. The quantitative estimate of drug-likeness (QED) is 0.464. The Hall–Kier alpha value is -3.09. The second kappa shape index (κ2) is 7.43. The molecule has 7 nitrogen and oxygen atoms in total. The lowest BCUT2D eigenvalue weighted by Gasteiger charge is -2.31. The average Bonchev–Trinajstić information content (AvgIpc) is 2.66. The number of methoxy groups -OCH3 is 1. The van der Waals surface area contributed by atoms with Gasteiger partial charge in [-0.15, -0.1) is 0 Å². The van der Waals surface area contributed by atoms with E-state index in [1.54, 1.807) is 26.2 Å². The van der Waals surface area contributed by atoms with Gasteiger partial charge in [0.2, 0.25) is 0 Å². The summed E-state index contributed by atoms with van der Waals surface area (Å²) in [5.41, 5.74) is 2.81. The highest BCUT2D eigenvalue weighted by molar-refractivity contribution is 5.95. The van der Waals surface area contributed by atoms with E-state index in [0.717, 1.165) is 30.0 Å². The minimum atomic E-state index is -0.680. The van der Waals surface area contributed by atoms with Gasteiger partial charge in [0.05, 0.1) is 18.6 Å². The summed E-state index contributed by atoms with van der Waals surface area (Å²) in [4.78, 5) is 24.9. The van der Waals surface area contributed by atoms with Crippen molar-refractivity contribution >= 4 is 17.3 Å². The van der Waals surface area contributed by atoms with Gasteiger partial charge in [0, 0.05) is 30.4 Å². The van der Waals surface area contributed by atoms with Gasteiger partial charge in [-0.25, -0.2) is 4.79 Å². The molecule has 0 amide bonds. The van der Waals surface area contributed by atoms with E-state index in [9.17, 15) is 14.9 Å². The maximum absolute atomic E-state index is 12.1. The smallest absolute Gasteiger partial charge is 0.345 e. The number of nitro groups is 1. The van der Waals surface area contributed by atoms with Crippen molar-refractivity contribution in [1.82, 2.24) is 0 Å². The number of hydrogen-bond donors (Lipinski definition) is 0. The number of ether oxygens (including phenoxy) is 2. The van der Waals surface area contributed by atoms with E-state index >= 15 is 0 Å². The highest BCUT2D eigenvalue weighted by atomic mass is 16.6. The molecule has 0 fully saturated rings. The SMILES string of the molecule is CCOC(=O)c1cc(N2CCc3c(cccc3OC)C2)ccc1[N+](=O)[O-]. The van der Waals surface area contributed by atoms with Crippen LogP contribution in [0.15, 0.2) is 36.4 Å². The van der Waals surface area contributed by atoms with Gasteiger partial charge in [0.1, 0.15) is 11.3 Å². The number of benzene rings is 2. The minimum absolute atomic E-state index is 0.0224. The fraction of sp³-hybridized carbons (Fsp3) is 0.316. The first-order valence-electron chi connectivity index (χ1n) is 8.40. The fourth-order valence-electron chi connectivity index (χ4n) is 3.24. The molecular weight excluding hydrogens is 336 g/mol. The van der Waals surface area contributed by atoms with Gasteiger partial charge >= 0.3 is 5.97 Å². The van der Waals surface area contributed by atoms with Crippen molar-refractivity contribution < 1.29 is 19.2 Å². The Labute approximate surface area is 151 Å². The molecule has 0 bridgehead atoms. The van der Waals surface area contributed by atoms with E-state index in [-0.39, 0.29) is 17.9 Å². The second-order valence-electron chi connectivity index (χ2n) is 5.95. The fourth-order valence-corrected chi connectivity index (χ4v) is 3.24. The molecule has 0 saturated heterocycles. The molecule has 0 saturated carbocycles. The van der Waals surface area contributed by atoms with E-state index in [2.05, 4.69) is 4.90 Å². The van der Waals surface area contributed by atoms with Crippen molar-refractivity contribution in [2.24, 2.45) is 0 Å². The molecule has 0 N–H and O–H groups in total. The summed E-state index contributed by atoms with van der Waals surface area (Å²) >= 11 is 0. The van der Waals surface area contributed by atoms with Crippen LogP contribution in [0.2, 0.25) is 0 Å². The van der Waals surface area contributed by atoms with E-state index in [1.807, 2.05) is 18.2 Å². The first-order valence-corrected chi connectivity index (χ1v) is 8.40. The maximum atomic E-state index is 12.1. The molecule has 1 aliphatic rings. The summed E-state index contributed by atoms with van der Waals surface area (Å²) in [5.74, 6) is 0.193. The van der Waals surface area contributed by atoms with Crippen LogP contribution < -0.4 is 9.64 Å². The molecule has 2 aromatic rings. The van der Waals surface area contributed by atoms with Crippen LogP contribution in [0.5, 0.6) is 5.75 Å². The Morgan fingerprint density at radius 3 is 2.81 bits per heavy atom. The van der Waals surface area contributed by atoms with Crippen LogP contribution in [0.4, 0.5) is 11.4 Å². The van der Waals surface area contributed by atoms with Crippen LogP contribution in [0, 0.1) is 10.1 Å². The maximum Gasteiger partial charge on any atom is 0.345 e. The van der Waals surface area contributed by atoms with Crippen molar-refractivity contribution in [2.75, 3.05) is 25.2 Å². The highest BCUT2D eigenvalue weighted by Crippen LogP contribution is 2.32. The molecule has 1 aliphatic heterocycles. The zero-order valence-electron chi connectivity index (χ0n) is 14.7. The predicted molar refractivity (Wildman–Crippen MR) is 96.8 cm³/mol. The summed E-state index contributed by atoms with van der Waals surface area (Å²) < 4.78 is 10.4. The van der Waals surface area contributed by atoms with E-state index in [4.69, 9.17) is 9.47 Å². The topological polar surface area (TPSA) is 81.9 Å². The van der Waals surface area contributed by atoms with Crippen molar-refractivity contribution in [3.05, 3.63) is 63.2 Å². The number of anilines is 1. The normalized spacial score (nSPS) is 13.1. The Morgan fingerprint density at radius 1 is 1.31 bits per heavy atom. The third-order valence-corrected chi connectivity index (χ3v) is 4.48. The van der Waals surface area contributed by atoms with Gasteiger partial charge in [-0.05, 0) is 37.1 Å². The Morgan fingerprint density at radius 2 is 2.12 bits per heavy atom. The average molecular weight is 356 g/mol. The standard InChI is InChI=1S/C19H20N2O5/c1-3-26-19(22)16-11-14(7-8-17(16)21(23)24)20-10-9-15-13(12-20)5-4-6-18(15)25-2/h4-8,11H,3,9-10,12H2,1-2H3. The summed E-state index contributed by atoms with van der Waals surface area (Å²) in [6, 6.07) is 10.5. The van der Waals surface area contributed by atoms with Gasteiger partial charge in [-0.3, -0.25) is 10.1 Å². The number of nitro benzene ring substituents is 1. The lowest BCUT2D eigenvalue weighted by atomic mass is 9.98. The molecule has 0 spiro atoms. The van der Waals surface area contributed by atoms with E-state index in [0.29, 0.717) is 6.54 Å². The lowest BCUT2D eigenvalue weighted by molar-refractivity contribution is -0.385. The van der Waals surface area contributed by atoms with Gasteiger partial charge in [-0.2, -0.15) is 0 Å². The van der Waals surface area contributed by atoms with Crippen LogP contribution in [-0.4, -0.2) is 31.2 Å². The van der Waals surface area contributed by atoms with Gasteiger partial charge < -0.3 is 14.4 Å². The number of rotatable bonds is 5. The lowest BCUT2D eigenvalue weighted by Crippen LogP contribution is -2.30. The Balaban J connectivity index is 1.93. The molecule has 0 unspecified atom stereocenters. The summed E-state index contributed by atoms with van der Waals surface area (Å²) in [6.45, 7) is 3.21. The molecule has 7 heteroatoms. The third-order valence-electron chi connectivity index (χ3n) is 4.48. The number of carbonyl (C=O) groups excluding carboxylic acids is 1. The zero-order chi connectivity index (χ0) is 18.7. The van der Waals surface area contributed by atoms with Crippen LogP contribution in [-0.2, 0) is 17.7 Å². The monoisotopic (exact) mass is 356 g/mol. The molecule has 0 radical (unpaired) electrons. The summed E-state index contributed by atoms with van der Waals surface area (Å²) in [5, 5.41) is 11.2. The molecule has 0 atom stereocenters. The molecule has 2 aromatic carbocycles. The molecule has 1 heterocycles. The van der Waals surface area contributed by atoms with Crippen molar-refractivity contribution in [3.63, 3.8) is 0 Å². The zero-order valence-corrected chi connectivity index (χ0v) is 14.7. The van der Waals surface area contributed by atoms with E-state index in [1.165, 1.54) is 11.6 Å². The molecule has 3 rings (SSSR count). The highest BCUT2D eigenvalue weighted by Gasteiger charge is 2.25. The van der Waals surface area contributed by atoms with Crippen LogP contribution >= 0.6 is 0 Å². The molecular formula is C19H20N2O5. The number of nitrogens with zero attached hydrogens (tertiary/aromatic N) is 2. The summed E-state index contributed by atoms with van der Waals surface area (Å²) in [7, 11) is 1.66. The Kier molecular flexibility index (Phi) is 5.06. The second-order valence-corrected chi connectivity index (χ2v) is 5.95. The van der Waals surface area contributed by atoms with Crippen molar-refractivity contribution in [2.45, 2.75) is 19.9 Å². The van der Waals surface area contributed by atoms with Crippen molar-refractivity contribution in [1.29, 1.82) is 0 Å². The summed E-state index contributed by atoms with van der Waals surface area (Å²) in [6.07, 6.45) is 0.797. The third kappa shape index (κ3) is 3.33. The van der Waals surface area contributed by atoms with Gasteiger partial charge in [0.15, 0.2) is 0 Å². The van der Waals surface area contributed by atoms with Gasteiger partial charge in [0.25, 0.3) is 5.69 Å². The number of carbonyl (C=O) groups is 1. The minimum Gasteiger partial charge on any atom is -0.496 e. The van der Waals surface area contributed by atoms with Crippen molar-refractivity contribution in [3.8, 4) is 5.75 Å². The number of esters is 1. The van der Waals surface area contributed by atoms with E-state index < -0.39 is 10.9 Å².